The summed E-state index contributed by atoms with van der Waals surface area (Å²) in [7, 11) is -3.65. The van der Waals surface area contributed by atoms with Crippen molar-refractivity contribution in [1.82, 2.24) is 4.98 Å². The van der Waals surface area contributed by atoms with Crippen molar-refractivity contribution < 1.29 is 8.85 Å². The molecule has 0 saturated carbocycles. The molecule has 1 rings (SSSR count). The fourth-order valence-corrected chi connectivity index (χ4v) is 4.56. The second-order valence-electron chi connectivity index (χ2n) is 9.31. The van der Waals surface area contributed by atoms with Gasteiger partial charge in [0.1, 0.15) is 11.1 Å². The third-order valence-corrected chi connectivity index (χ3v) is 15.2. The molecule has 0 aliphatic carbocycles. The van der Waals surface area contributed by atoms with E-state index >= 15 is 0 Å². The molecule has 0 bridgehead atoms. The fraction of sp³-hybridized carbons (Fsp3) is 0.824. The van der Waals surface area contributed by atoms with Crippen molar-refractivity contribution in [2.75, 3.05) is 6.61 Å². The van der Waals surface area contributed by atoms with Gasteiger partial charge < -0.3 is 8.85 Å². The van der Waals surface area contributed by atoms with Crippen LogP contribution >= 0.6 is 11.3 Å². The Morgan fingerprint density at radius 1 is 1.00 bits per heavy atom. The molecule has 0 N–H and O–H groups in total. The zero-order valence-electron chi connectivity index (χ0n) is 16.6. The summed E-state index contributed by atoms with van der Waals surface area (Å²) in [6.07, 6.45) is 1.80. The molecule has 23 heavy (non-hydrogen) atoms. The normalized spacial score (nSPS) is 15.7. The molecule has 1 atom stereocenters. The SMILES string of the molecule is CC(C)(C)[Si](C)(C)OCC(O[Si](C)(C)C(C)(C)C)c1nccs1. The third-order valence-electron chi connectivity index (χ3n) is 5.37. The quantitative estimate of drug-likeness (QED) is 0.554. The number of thiazole rings is 1. The van der Waals surface area contributed by atoms with Crippen LogP contribution in [0.5, 0.6) is 0 Å². The van der Waals surface area contributed by atoms with E-state index in [0.29, 0.717) is 6.61 Å². The average molecular weight is 374 g/mol. The van der Waals surface area contributed by atoms with Gasteiger partial charge >= 0.3 is 0 Å². The summed E-state index contributed by atoms with van der Waals surface area (Å²) < 4.78 is 13.1. The Hall–Kier alpha value is -0.0162. The number of nitrogens with zero attached hydrogens (tertiary/aromatic N) is 1. The van der Waals surface area contributed by atoms with Gasteiger partial charge in [-0.05, 0) is 36.3 Å². The number of rotatable bonds is 6. The monoisotopic (exact) mass is 373 g/mol. The summed E-state index contributed by atoms with van der Waals surface area (Å²) in [4.78, 5) is 4.50. The summed E-state index contributed by atoms with van der Waals surface area (Å²) >= 11 is 1.66. The minimum atomic E-state index is -1.86. The number of hydrogen-bond acceptors (Lipinski definition) is 4. The van der Waals surface area contributed by atoms with E-state index in [-0.39, 0.29) is 16.2 Å². The van der Waals surface area contributed by atoms with Gasteiger partial charge in [0, 0.05) is 11.6 Å². The largest absolute Gasteiger partial charge is 0.414 e. The Kier molecular flexibility index (Phi) is 6.47. The van der Waals surface area contributed by atoms with Crippen LogP contribution in [0.15, 0.2) is 11.6 Å². The van der Waals surface area contributed by atoms with Crippen LogP contribution in [0.25, 0.3) is 0 Å². The highest BCUT2D eigenvalue weighted by molar-refractivity contribution is 7.09. The zero-order valence-corrected chi connectivity index (χ0v) is 19.4. The van der Waals surface area contributed by atoms with Gasteiger partial charge in [-0.15, -0.1) is 11.3 Å². The maximum Gasteiger partial charge on any atom is 0.193 e. The molecule has 6 heteroatoms. The summed E-state index contributed by atoms with van der Waals surface area (Å²) in [5, 5.41) is 3.44. The van der Waals surface area contributed by atoms with Gasteiger partial charge in [0.15, 0.2) is 16.6 Å². The lowest BCUT2D eigenvalue weighted by Gasteiger charge is -2.41. The maximum atomic E-state index is 6.64. The van der Waals surface area contributed by atoms with Crippen LogP contribution in [0.3, 0.4) is 0 Å². The molecule has 0 amide bonds. The van der Waals surface area contributed by atoms with E-state index in [1.165, 1.54) is 0 Å². The average Bonchev–Trinajstić information content (AvgIpc) is 2.85. The first-order valence-corrected chi connectivity index (χ1v) is 15.1. The highest BCUT2D eigenvalue weighted by atomic mass is 32.1. The van der Waals surface area contributed by atoms with Gasteiger partial charge in [-0.2, -0.15) is 0 Å². The van der Waals surface area contributed by atoms with Gasteiger partial charge in [0.2, 0.25) is 0 Å². The smallest absolute Gasteiger partial charge is 0.193 e. The van der Waals surface area contributed by atoms with Crippen molar-refractivity contribution in [3.8, 4) is 0 Å². The number of hydrogen-bond donors (Lipinski definition) is 0. The predicted octanol–water partition coefficient (Wildman–Crippen LogP) is 6.23. The van der Waals surface area contributed by atoms with Crippen LogP contribution < -0.4 is 0 Å². The summed E-state index contributed by atoms with van der Waals surface area (Å²) in [5.74, 6) is 0. The first-order valence-electron chi connectivity index (χ1n) is 8.38. The maximum absolute atomic E-state index is 6.64. The van der Waals surface area contributed by atoms with Crippen molar-refractivity contribution in [2.45, 2.75) is 83.9 Å². The van der Waals surface area contributed by atoms with Crippen LogP contribution in [-0.4, -0.2) is 28.2 Å². The lowest BCUT2D eigenvalue weighted by molar-refractivity contribution is 0.108. The molecular weight excluding hydrogens is 338 g/mol. The molecule has 0 aliphatic heterocycles. The highest BCUT2D eigenvalue weighted by Crippen LogP contribution is 2.41. The molecule has 0 spiro atoms. The molecule has 0 radical (unpaired) electrons. The molecular formula is C17H35NO2SSi2. The second kappa shape index (κ2) is 7.08. The predicted molar refractivity (Wildman–Crippen MR) is 106 cm³/mol. The molecule has 1 unspecified atom stereocenters. The molecule has 3 nitrogen and oxygen atoms in total. The van der Waals surface area contributed by atoms with Gasteiger partial charge in [0.25, 0.3) is 0 Å². The van der Waals surface area contributed by atoms with Gasteiger partial charge in [0.05, 0.1) is 6.61 Å². The van der Waals surface area contributed by atoms with Crippen LogP contribution in [0, 0.1) is 0 Å². The van der Waals surface area contributed by atoms with Crippen molar-refractivity contribution in [3.63, 3.8) is 0 Å². The van der Waals surface area contributed by atoms with Crippen molar-refractivity contribution in [3.05, 3.63) is 16.6 Å². The Bertz CT molecular complexity index is 488. The molecule has 0 aromatic carbocycles. The molecule has 134 valence electrons. The Labute approximate surface area is 149 Å². The minimum Gasteiger partial charge on any atom is -0.414 e. The molecule has 0 saturated heterocycles. The summed E-state index contributed by atoms with van der Waals surface area (Å²) in [6, 6.07) is 0. The lowest BCUT2D eigenvalue weighted by atomic mass is 10.2. The van der Waals surface area contributed by atoms with Gasteiger partial charge in [-0.3, -0.25) is 0 Å². The topological polar surface area (TPSA) is 31.4 Å². The fourth-order valence-electron chi connectivity index (χ4n) is 1.58. The van der Waals surface area contributed by atoms with E-state index in [9.17, 15) is 0 Å². The second-order valence-corrected chi connectivity index (χ2v) is 19.8. The van der Waals surface area contributed by atoms with E-state index in [2.05, 4.69) is 72.7 Å². The van der Waals surface area contributed by atoms with E-state index in [1.54, 1.807) is 11.3 Å². The molecule has 1 aromatic rings. The van der Waals surface area contributed by atoms with E-state index in [1.807, 2.05) is 11.6 Å². The van der Waals surface area contributed by atoms with Crippen molar-refractivity contribution >= 4 is 28.0 Å². The Morgan fingerprint density at radius 3 is 1.91 bits per heavy atom. The summed E-state index contributed by atoms with van der Waals surface area (Å²) in [5.41, 5.74) is 0. The van der Waals surface area contributed by atoms with Crippen LogP contribution in [0.1, 0.15) is 52.7 Å². The minimum absolute atomic E-state index is 0.0509. The highest BCUT2D eigenvalue weighted by Gasteiger charge is 2.42. The van der Waals surface area contributed by atoms with Crippen LogP contribution in [0.2, 0.25) is 36.3 Å². The first kappa shape index (κ1) is 21.0. The van der Waals surface area contributed by atoms with Crippen LogP contribution in [0.4, 0.5) is 0 Å². The molecule has 0 fully saturated rings. The van der Waals surface area contributed by atoms with Crippen molar-refractivity contribution in [1.29, 1.82) is 0 Å². The number of aromatic nitrogens is 1. The lowest BCUT2D eigenvalue weighted by Crippen LogP contribution is -2.45. The van der Waals surface area contributed by atoms with E-state index in [0.717, 1.165) is 5.01 Å². The van der Waals surface area contributed by atoms with Crippen molar-refractivity contribution in [2.24, 2.45) is 0 Å². The van der Waals surface area contributed by atoms with Gasteiger partial charge in [-0.25, -0.2) is 4.98 Å². The molecule has 1 heterocycles. The summed E-state index contributed by atoms with van der Waals surface area (Å²) in [6.45, 7) is 23.4. The molecule has 0 aliphatic rings. The Balaban J connectivity index is 2.93. The Morgan fingerprint density at radius 2 is 1.52 bits per heavy atom. The zero-order chi connectivity index (χ0) is 18.1. The van der Waals surface area contributed by atoms with E-state index < -0.39 is 16.6 Å². The first-order chi connectivity index (χ1) is 10.2. The third kappa shape index (κ3) is 5.49. The molecule has 1 aromatic heterocycles. The van der Waals surface area contributed by atoms with E-state index in [4.69, 9.17) is 8.85 Å². The standard InChI is InChI=1S/C17H35NO2SSi2/c1-16(2,3)22(7,8)19-13-14(15-18-11-12-21-15)20-23(9,10)17(4,5)6/h11-12,14H,13H2,1-10H3. The van der Waals surface area contributed by atoms with Crippen LogP contribution in [-0.2, 0) is 8.85 Å². The van der Waals surface area contributed by atoms with Gasteiger partial charge in [-0.1, -0.05) is 41.5 Å².